The second kappa shape index (κ2) is 5.66. The Morgan fingerprint density at radius 3 is 2.36 bits per heavy atom. The monoisotopic (exact) mass is 194 g/mol. The first-order valence-corrected chi connectivity index (χ1v) is 5.16. The number of aliphatic hydroxyl groups excluding tert-OH is 1. The minimum Gasteiger partial charge on any atom is -0.494 e. The predicted molar refractivity (Wildman–Crippen MR) is 57.6 cm³/mol. The number of aliphatic hydroxyl groups is 1. The standard InChI is InChI=1S/C12H18O2/c1-3-11(13)9-10-5-7-12(8-6-10)14-4-2/h5-8,11,13H,3-4,9H2,1-2H3/t11-/m1/s1. The van der Waals surface area contributed by atoms with Crippen LogP contribution in [0.15, 0.2) is 24.3 Å². The Kier molecular flexibility index (Phi) is 4.47. The van der Waals surface area contributed by atoms with Crippen LogP contribution in [-0.2, 0) is 6.42 Å². The van der Waals surface area contributed by atoms with E-state index in [-0.39, 0.29) is 6.10 Å². The predicted octanol–water partition coefficient (Wildman–Crippen LogP) is 2.40. The van der Waals surface area contributed by atoms with Crippen molar-refractivity contribution in [2.75, 3.05) is 6.61 Å². The maximum atomic E-state index is 9.45. The second-order valence-corrected chi connectivity index (χ2v) is 3.34. The summed E-state index contributed by atoms with van der Waals surface area (Å²) in [4.78, 5) is 0. The Labute approximate surface area is 85.5 Å². The normalized spacial score (nSPS) is 12.5. The Hall–Kier alpha value is -1.02. The van der Waals surface area contributed by atoms with Crippen LogP contribution in [0.4, 0.5) is 0 Å². The minimum absolute atomic E-state index is 0.229. The number of hydrogen-bond acceptors (Lipinski definition) is 2. The molecule has 1 N–H and O–H groups in total. The summed E-state index contributed by atoms with van der Waals surface area (Å²) in [6, 6.07) is 7.90. The quantitative estimate of drug-likeness (QED) is 0.780. The van der Waals surface area contributed by atoms with Gasteiger partial charge in [0.1, 0.15) is 5.75 Å². The van der Waals surface area contributed by atoms with Crippen molar-refractivity contribution in [2.24, 2.45) is 0 Å². The van der Waals surface area contributed by atoms with Gasteiger partial charge in [-0.1, -0.05) is 19.1 Å². The van der Waals surface area contributed by atoms with Crippen molar-refractivity contribution in [1.82, 2.24) is 0 Å². The van der Waals surface area contributed by atoms with Crippen molar-refractivity contribution in [3.8, 4) is 5.75 Å². The number of ether oxygens (including phenoxy) is 1. The molecule has 0 saturated carbocycles. The third-order valence-corrected chi connectivity index (χ3v) is 2.18. The van der Waals surface area contributed by atoms with E-state index in [0.29, 0.717) is 6.61 Å². The molecule has 1 rings (SSSR count). The van der Waals surface area contributed by atoms with Crippen LogP contribution in [0.1, 0.15) is 25.8 Å². The maximum absolute atomic E-state index is 9.45. The molecule has 0 aliphatic carbocycles. The highest BCUT2D eigenvalue weighted by Gasteiger charge is 2.02. The van der Waals surface area contributed by atoms with Crippen molar-refractivity contribution in [2.45, 2.75) is 32.8 Å². The van der Waals surface area contributed by atoms with Gasteiger partial charge in [-0.15, -0.1) is 0 Å². The summed E-state index contributed by atoms with van der Waals surface area (Å²) in [5, 5.41) is 9.45. The molecule has 2 nitrogen and oxygen atoms in total. The van der Waals surface area contributed by atoms with Gasteiger partial charge in [0, 0.05) is 0 Å². The van der Waals surface area contributed by atoms with E-state index in [0.717, 1.165) is 24.2 Å². The molecule has 0 fully saturated rings. The zero-order valence-electron chi connectivity index (χ0n) is 8.86. The summed E-state index contributed by atoms with van der Waals surface area (Å²) in [6.07, 6.45) is 1.30. The number of benzene rings is 1. The van der Waals surface area contributed by atoms with Crippen molar-refractivity contribution >= 4 is 0 Å². The van der Waals surface area contributed by atoms with E-state index in [9.17, 15) is 5.11 Å². The summed E-state index contributed by atoms with van der Waals surface area (Å²) in [6.45, 7) is 4.64. The number of hydrogen-bond donors (Lipinski definition) is 1. The Bertz CT molecular complexity index is 254. The van der Waals surface area contributed by atoms with Crippen LogP contribution in [-0.4, -0.2) is 17.8 Å². The lowest BCUT2D eigenvalue weighted by atomic mass is 10.1. The van der Waals surface area contributed by atoms with Gasteiger partial charge in [-0.05, 0) is 37.5 Å². The van der Waals surface area contributed by atoms with Gasteiger partial charge in [-0.3, -0.25) is 0 Å². The first kappa shape index (κ1) is 11.1. The van der Waals surface area contributed by atoms with E-state index in [1.807, 2.05) is 38.1 Å². The summed E-state index contributed by atoms with van der Waals surface area (Å²) < 4.78 is 5.33. The van der Waals surface area contributed by atoms with Gasteiger partial charge in [0.25, 0.3) is 0 Å². The highest BCUT2D eigenvalue weighted by molar-refractivity contribution is 5.27. The zero-order chi connectivity index (χ0) is 10.4. The van der Waals surface area contributed by atoms with Crippen LogP contribution < -0.4 is 4.74 Å². The molecule has 0 spiro atoms. The zero-order valence-corrected chi connectivity index (χ0v) is 8.86. The minimum atomic E-state index is -0.229. The van der Waals surface area contributed by atoms with Crippen molar-refractivity contribution in [3.05, 3.63) is 29.8 Å². The topological polar surface area (TPSA) is 29.5 Å². The van der Waals surface area contributed by atoms with E-state index in [1.54, 1.807) is 0 Å². The Balaban J connectivity index is 2.54. The summed E-state index contributed by atoms with van der Waals surface area (Å²) >= 11 is 0. The fraction of sp³-hybridized carbons (Fsp3) is 0.500. The fourth-order valence-electron chi connectivity index (χ4n) is 1.30. The van der Waals surface area contributed by atoms with Gasteiger partial charge in [0.2, 0.25) is 0 Å². The van der Waals surface area contributed by atoms with Crippen molar-refractivity contribution < 1.29 is 9.84 Å². The average molecular weight is 194 g/mol. The largest absolute Gasteiger partial charge is 0.494 e. The second-order valence-electron chi connectivity index (χ2n) is 3.34. The highest BCUT2D eigenvalue weighted by atomic mass is 16.5. The molecular formula is C12H18O2. The molecule has 1 atom stereocenters. The van der Waals surface area contributed by atoms with E-state index >= 15 is 0 Å². The smallest absolute Gasteiger partial charge is 0.119 e. The summed E-state index contributed by atoms with van der Waals surface area (Å²) in [7, 11) is 0. The van der Waals surface area contributed by atoms with Crippen LogP contribution in [0, 0.1) is 0 Å². The van der Waals surface area contributed by atoms with Crippen LogP contribution in [0.25, 0.3) is 0 Å². The van der Waals surface area contributed by atoms with E-state index in [4.69, 9.17) is 4.74 Å². The van der Waals surface area contributed by atoms with Crippen LogP contribution in [0.3, 0.4) is 0 Å². The van der Waals surface area contributed by atoms with Gasteiger partial charge in [-0.25, -0.2) is 0 Å². The highest BCUT2D eigenvalue weighted by Crippen LogP contribution is 2.13. The third kappa shape index (κ3) is 3.38. The molecule has 14 heavy (non-hydrogen) atoms. The van der Waals surface area contributed by atoms with Gasteiger partial charge >= 0.3 is 0 Å². The molecule has 1 aromatic carbocycles. The maximum Gasteiger partial charge on any atom is 0.119 e. The molecule has 1 aromatic rings. The average Bonchev–Trinajstić information content (AvgIpc) is 2.21. The lowest BCUT2D eigenvalue weighted by molar-refractivity contribution is 0.171. The molecule has 0 bridgehead atoms. The van der Waals surface area contributed by atoms with Crippen LogP contribution in [0.2, 0.25) is 0 Å². The molecular weight excluding hydrogens is 176 g/mol. The molecule has 0 radical (unpaired) electrons. The Morgan fingerprint density at radius 2 is 1.86 bits per heavy atom. The van der Waals surface area contributed by atoms with Gasteiger partial charge < -0.3 is 9.84 Å². The van der Waals surface area contributed by atoms with Gasteiger partial charge in [0.15, 0.2) is 0 Å². The first-order chi connectivity index (χ1) is 6.76. The molecule has 0 aromatic heterocycles. The van der Waals surface area contributed by atoms with Gasteiger partial charge in [-0.2, -0.15) is 0 Å². The van der Waals surface area contributed by atoms with E-state index in [1.165, 1.54) is 0 Å². The molecule has 0 saturated heterocycles. The molecule has 0 aliphatic heterocycles. The van der Waals surface area contributed by atoms with Crippen LogP contribution >= 0.6 is 0 Å². The first-order valence-electron chi connectivity index (χ1n) is 5.16. The third-order valence-electron chi connectivity index (χ3n) is 2.18. The lowest BCUT2D eigenvalue weighted by Crippen LogP contribution is -2.08. The molecule has 2 heteroatoms. The Morgan fingerprint density at radius 1 is 1.21 bits per heavy atom. The lowest BCUT2D eigenvalue weighted by Gasteiger charge is -2.08. The molecule has 0 amide bonds. The fourth-order valence-corrected chi connectivity index (χ4v) is 1.30. The van der Waals surface area contributed by atoms with Crippen molar-refractivity contribution in [3.63, 3.8) is 0 Å². The van der Waals surface area contributed by atoms with E-state index in [2.05, 4.69) is 0 Å². The van der Waals surface area contributed by atoms with E-state index < -0.39 is 0 Å². The molecule has 0 heterocycles. The van der Waals surface area contributed by atoms with Crippen molar-refractivity contribution in [1.29, 1.82) is 0 Å². The number of rotatable bonds is 5. The molecule has 0 aliphatic rings. The molecule has 0 unspecified atom stereocenters. The molecule has 78 valence electrons. The van der Waals surface area contributed by atoms with Gasteiger partial charge in [0.05, 0.1) is 12.7 Å². The summed E-state index contributed by atoms with van der Waals surface area (Å²) in [5.74, 6) is 0.891. The van der Waals surface area contributed by atoms with Crippen LogP contribution in [0.5, 0.6) is 5.75 Å². The SMILES string of the molecule is CCOc1ccc(C[C@H](O)CC)cc1. The summed E-state index contributed by atoms with van der Waals surface area (Å²) in [5.41, 5.74) is 1.16.